The van der Waals surface area contributed by atoms with Crippen molar-refractivity contribution in [1.29, 1.82) is 0 Å². The zero-order chi connectivity index (χ0) is 13.9. The van der Waals surface area contributed by atoms with Gasteiger partial charge in [0.25, 0.3) is 5.69 Å². The number of hydrogen-bond acceptors (Lipinski definition) is 4. The van der Waals surface area contributed by atoms with Crippen LogP contribution in [0.25, 0.3) is 0 Å². The minimum Gasteiger partial charge on any atom is -0.384 e. The summed E-state index contributed by atoms with van der Waals surface area (Å²) < 4.78 is 0.670. The summed E-state index contributed by atoms with van der Waals surface area (Å²) in [5, 5.41) is 17.5. The Hall–Kier alpha value is -0.890. The van der Waals surface area contributed by atoms with Gasteiger partial charge >= 0.3 is 0 Å². The first-order valence-corrected chi connectivity index (χ1v) is 7.47. The third-order valence-corrected chi connectivity index (χ3v) is 4.54. The first kappa shape index (κ1) is 14.5. The Morgan fingerprint density at radius 3 is 2.74 bits per heavy atom. The molecule has 1 heterocycles. The molecule has 0 radical (unpaired) electrons. The Balaban J connectivity index is 2.00. The molecule has 1 aromatic carbocycles. The maximum absolute atomic E-state index is 10.8. The van der Waals surface area contributed by atoms with E-state index in [2.05, 4.69) is 17.6 Å². The maximum atomic E-state index is 10.8. The van der Waals surface area contributed by atoms with Crippen molar-refractivity contribution in [3.05, 3.63) is 31.9 Å². The molecular weight excluding hydrogens is 357 g/mol. The van der Waals surface area contributed by atoms with E-state index in [1.54, 1.807) is 12.1 Å². The van der Waals surface area contributed by atoms with E-state index in [-0.39, 0.29) is 10.6 Å². The SMILES string of the molecule is CC1(CNc2ccc([N+](=O)[O-])c(I)c2)CCNCC1. The Kier molecular flexibility index (Phi) is 4.62. The highest BCUT2D eigenvalue weighted by Gasteiger charge is 2.26. The number of rotatable bonds is 4. The fourth-order valence-corrected chi connectivity index (χ4v) is 3.00. The molecule has 1 aliphatic rings. The van der Waals surface area contributed by atoms with Crippen LogP contribution in [-0.4, -0.2) is 24.6 Å². The van der Waals surface area contributed by atoms with Gasteiger partial charge in [-0.1, -0.05) is 6.92 Å². The van der Waals surface area contributed by atoms with E-state index in [1.165, 1.54) is 0 Å². The van der Waals surface area contributed by atoms with Crippen LogP contribution in [0.2, 0.25) is 0 Å². The third kappa shape index (κ3) is 3.79. The molecule has 1 saturated heterocycles. The second-order valence-corrected chi connectivity index (χ2v) is 6.50. The van der Waals surface area contributed by atoms with E-state index in [0.29, 0.717) is 8.99 Å². The molecular formula is C13H18IN3O2. The second kappa shape index (κ2) is 6.04. The molecule has 2 rings (SSSR count). The van der Waals surface area contributed by atoms with E-state index in [1.807, 2.05) is 28.7 Å². The van der Waals surface area contributed by atoms with Gasteiger partial charge in [0.05, 0.1) is 8.49 Å². The van der Waals surface area contributed by atoms with Gasteiger partial charge in [-0.15, -0.1) is 0 Å². The van der Waals surface area contributed by atoms with Gasteiger partial charge in [-0.05, 0) is 66.1 Å². The van der Waals surface area contributed by atoms with Gasteiger partial charge in [-0.25, -0.2) is 0 Å². The Bertz CT molecular complexity index is 473. The lowest BCUT2D eigenvalue weighted by Crippen LogP contribution is -2.39. The van der Waals surface area contributed by atoms with Gasteiger partial charge < -0.3 is 10.6 Å². The van der Waals surface area contributed by atoms with E-state index >= 15 is 0 Å². The Labute approximate surface area is 126 Å². The number of hydrogen-bond donors (Lipinski definition) is 2. The van der Waals surface area contributed by atoms with Gasteiger partial charge in [-0.2, -0.15) is 0 Å². The highest BCUT2D eigenvalue weighted by molar-refractivity contribution is 14.1. The number of nitro benzene ring substituents is 1. The number of halogens is 1. The van der Waals surface area contributed by atoms with Crippen LogP contribution in [0.4, 0.5) is 11.4 Å². The molecule has 6 heteroatoms. The monoisotopic (exact) mass is 375 g/mol. The molecule has 1 aliphatic heterocycles. The van der Waals surface area contributed by atoms with Gasteiger partial charge in [0, 0.05) is 18.3 Å². The minimum absolute atomic E-state index is 0.166. The largest absolute Gasteiger partial charge is 0.384 e. The molecule has 0 amide bonds. The van der Waals surface area contributed by atoms with Crippen LogP contribution in [0, 0.1) is 19.1 Å². The molecule has 0 saturated carbocycles. The molecule has 19 heavy (non-hydrogen) atoms. The zero-order valence-electron chi connectivity index (χ0n) is 10.9. The molecule has 0 atom stereocenters. The van der Waals surface area contributed by atoms with Crippen molar-refractivity contribution in [3.63, 3.8) is 0 Å². The molecule has 0 unspecified atom stereocenters. The molecule has 2 N–H and O–H groups in total. The average Bonchev–Trinajstić information content (AvgIpc) is 2.37. The van der Waals surface area contributed by atoms with Crippen LogP contribution in [0.3, 0.4) is 0 Å². The standard InChI is InChI=1S/C13H18IN3O2/c1-13(4-6-15-7-5-13)9-16-10-2-3-12(17(18)19)11(14)8-10/h2-3,8,15-16H,4-7,9H2,1H3. The van der Waals surface area contributed by atoms with Crippen molar-refractivity contribution in [2.24, 2.45) is 5.41 Å². The van der Waals surface area contributed by atoms with Crippen molar-refractivity contribution in [3.8, 4) is 0 Å². The molecule has 5 nitrogen and oxygen atoms in total. The number of nitrogens with one attached hydrogen (secondary N) is 2. The fraction of sp³-hybridized carbons (Fsp3) is 0.538. The number of piperidine rings is 1. The van der Waals surface area contributed by atoms with Gasteiger partial charge in [0.1, 0.15) is 0 Å². The lowest BCUT2D eigenvalue weighted by atomic mass is 9.81. The summed E-state index contributed by atoms with van der Waals surface area (Å²) in [6.45, 7) is 5.33. The van der Waals surface area contributed by atoms with Crippen LogP contribution in [0.5, 0.6) is 0 Å². The summed E-state index contributed by atoms with van der Waals surface area (Å²) in [6.07, 6.45) is 2.31. The summed E-state index contributed by atoms with van der Waals surface area (Å²) in [4.78, 5) is 10.4. The highest BCUT2D eigenvalue weighted by atomic mass is 127. The normalized spacial score (nSPS) is 18.0. The second-order valence-electron chi connectivity index (χ2n) is 5.34. The van der Waals surface area contributed by atoms with Crippen LogP contribution < -0.4 is 10.6 Å². The molecule has 0 bridgehead atoms. The molecule has 0 aromatic heterocycles. The van der Waals surface area contributed by atoms with Crippen molar-refractivity contribution < 1.29 is 4.92 Å². The maximum Gasteiger partial charge on any atom is 0.282 e. The smallest absolute Gasteiger partial charge is 0.282 e. The minimum atomic E-state index is -0.348. The molecule has 0 spiro atoms. The fourth-order valence-electron chi connectivity index (χ4n) is 2.29. The summed E-state index contributed by atoms with van der Waals surface area (Å²) in [5.41, 5.74) is 1.42. The Morgan fingerprint density at radius 1 is 1.47 bits per heavy atom. The highest BCUT2D eigenvalue weighted by Crippen LogP contribution is 2.29. The predicted molar refractivity (Wildman–Crippen MR) is 84.5 cm³/mol. The van der Waals surface area contributed by atoms with Crippen LogP contribution in [0.1, 0.15) is 19.8 Å². The van der Waals surface area contributed by atoms with Crippen molar-refractivity contribution in [1.82, 2.24) is 5.32 Å². The first-order chi connectivity index (χ1) is 9.00. The van der Waals surface area contributed by atoms with Crippen molar-refractivity contribution in [2.75, 3.05) is 25.0 Å². The number of anilines is 1. The average molecular weight is 375 g/mol. The van der Waals surface area contributed by atoms with Crippen molar-refractivity contribution in [2.45, 2.75) is 19.8 Å². The third-order valence-electron chi connectivity index (χ3n) is 3.67. The van der Waals surface area contributed by atoms with E-state index in [9.17, 15) is 10.1 Å². The molecule has 104 valence electrons. The predicted octanol–water partition coefficient (Wildman–Crippen LogP) is 3.00. The topological polar surface area (TPSA) is 67.2 Å². The Morgan fingerprint density at radius 2 is 2.16 bits per heavy atom. The summed E-state index contributed by atoms with van der Waals surface area (Å²) in [6, 6.07) is 5.18. The summed E-state index contributed by atoms with van der Waals surface area (Å²) >= 11 is 2.01. The van der Waals surface area contributed by atoms with Crippen molar-refractivity contribution >= 4 is 34.0 Å². The van der Waals surface area contributed by atoms with E-state index in [4.69, 9.17) is 0 Å². The first-order valence-electron chi connectivity index (χ1n) is 6.39. The lowest BCUT2D eigenvalue weighted by Gasteiger charge is -2.34. The number of nitro groups is 1. The number of nitrogens with zero attached hydrogens (tertiary/aromatic N) is 1. The summed E-state index contributed by atoms with van der Waals surface area (Å²) in [7, 11) is 0. The van der Waals surface area contributed by atoms with Crippen LogP contribution in [0.15, 0.2) is 18.2 Å². The van der Waals surface area contributed by atoms with Crippen LogP contribution >= 0.6 is 22.6 Å². The van der Waals surface area contributed by atoms with E-state index in [0.717, 1.165) is 38.2 Å². The van der Waals surface area contributed by atoms with Gasteiger partial charge in [0.15, 0.2) is 0 Å². The van der Waals surface area contributed by atoms with E-state index < -0.39 is 0 Å². The number of benzene rings is 1. The molecule has 0 aliphatic carbocycles. The molecule has 1 aromatic rings. The van der Waals surface area contributed by atoms with Gasteiger partial charge in [-0.3, -0.25) is 10.1 Å². The quantitative estimate of drug-likeness (QED) is 0.482. The zero-order valence-corrected chi connectivity index (χ0v) is 13.1. The lowest BCUT2D eigenvalue weighted by molar-refractivity contribution is -0.385. The van der Waals surface area contributed by atoms with Crippen LogP contribution in [-0.2, 0) is 0 Å². The summed E-state index contributed by atoms with van der Waals surface area (Å²) in [5.74, 6) is 0. The molecule has 1 fully saturated rings. The van der Waals surface area contributed by atoms with Gasteiger partial charge in [0.2, 0.25) is 0 Å².